The van der Waals surface area contributed by atoms with Gasteiger partial charge >= 0.3 is 0 Å². The minimum atomic E-state index is -0.584. The normalized spacial score (nSPS) is 10.3. The smallest absolute Gasteiger partial charge is 0.196 e. The first-order valence-corrected chi connectivity index (χ1v) is 5.14. The Morgan fingerprint density at radius 3 is 2.47 bits per heavy atom. The molecule has 86 valence electrons. The molecule has 0 bridgehead atoms. The molecule has 0 saturated carbocycles. The summed E-state index contributed by atoms with van der Waals surface area (Å²) in [5, 5.41) is 0. The molecule has 0 radical (unpaired) electrons. The molecular weight excluding hydrogens is 222 g/mol. The summed E-state index contributed by atoms with van der Waals surface area (Å²) in [5.41, 5.74) is 0.840. The zero-order valence-electron chi connectivity index (χ0n) is 9.21. The minimum Gasteiger partial charge on any atom is -0.288 e. The van der Waals surface area contributed by atoms with E-state index in [1.807, 2.05) is 0 Å². The number of aryl methyl sites for hydroxylation is 1. The van der Waals surface area contributed by atoms with Crippen LogP contribution in [0.5, 0.6) is 0 Å². The first kappa shape index (κ1) is 11.5. The second-order valence-corrected chi connectivity index (χ2v) is 3.82. The first-order chi connectivity index (χ1) is 8.08. The zero-order chi connectivity index (χ0) is 12.4. The number of halogens is 2. The van der Waals surface area contributed by atoms with E-state index >= 15 is 0 Å². The quantitative estimate of drug-likeness (QED) is 0.724. The van der Waals surface area contributed by atoms with Gasteiger partial charge in [-0.1, -0.05) is 18.2 Å². The van der Waals surface area contributed by atoms with Crippen molar-refractivity contribution in [1.82, 2.24) is 0 Å². The molecule has 0 aliphatic heterocycles. The van der Waals surface area contributed by atoms with Gasteiger partial charge in [-0.05, 0) is 36.8 Å². The average molecular weight is 232 g/mol. The standard InChI is InChI=1S/C14H10F2O/c1-9-5-6-12(13(16)7-9)14(17)10-3-2-4-11(15)8-10/h2-8H,1H3. The number of rotatable bonds is 2. The third-order valence-electron chi connectivity index (χ3n) is 2.46. The number of hydrogen-bond acceptors (Lipinski definition) is 1. The second-order valence-electron chi connectivity index (χ2n) is 3.82. The fraction of sp³-hybridized carbons (Fsp3) is 0.0714. The Labute approximate surface area is 97.7 Å². The second kappa shape index (κ2) is 4.45. The van der Waals surface area contributed by atoms with Crippen LogP contribution < -0.4 is 0 Å². The van der Waals surface area contributed by atoms with Gasteiger partial charge in [0.15, 0.2) is 5.78 Å². The van der Waals surface area contributed by atoms with Gasteiger partial charge in [-0.15, -0.1) is 0 Å². The van der Waals surface area contributed by atoms with Crippen molar-refractivity contribution in [3.05, 3.63) is 70.8 Å². The molecule has 0 aliphatic carbocycles. The van der Waals surface area contributed by atoms with Crippen LogP contribution in [0, 0.1) is 18.6 Å². The summed E-state index contributed by atoms with van der Waals surface area (Å²) in [5.74, 6) is -1.61. The summed E-state index contributed by atoms with van der Waals surface area (Å²) >= 11 is 0. The molecule has 1 nitrogen and oxygen atoms in total. The monoisotopic (exact) mass is 232 g/mol. The van der Waals surface area contributed by atoms with E-state index in [1.165, 1.54) is 30.3 Å². The first-order valence-electron chi connectivity index (χ1n) is 5.14. The lowest BCUT2D eigenvalue weighted by Gasteiger charge is -2.03. The van der Waals surface area contributed by atoms with Crippen LogP contribution in [0.2, 0.25) is 0 Å². The molecular formula is C14H10F2O. The van der Waals surface area contributed by atoms with E-state index in [9.17, 15) is 13.6 Å². The van der Waals surface area contributed by atoms with Gasteiger partial charge < -0.3 is 0 Å². The molecule has 0 aromatic heterocycles. The van der Waals surface area contributed by atoms with Gasteiger partial charge in [0, 0.05) is 5.56 Å². The summed E-state index contributed by atoms with van der Waals surface area (Å²) in [4.78, 5) is 11.9. The molecule has 0 spiro atoms. The number of ketones is 1. The molecule has 0 unspecified atom stereocenters. The largest absolute Gasteiger partial charge is 0.288 e. The number of benzene rings is 2. The van der Waals surface area contributed by atoms with Crippen molar-refractivity contribution >= 4 is 5.78 Å². The molecule has 0 saturated heterocycles. The van der Waals surface area contributed by atoms with Crippen LogP contribution >= 0.6 is 0 Å². The predicted molar refractivity (Wildman–Crippen MR) is 61.0 cm³/mol. The molecule has 0 fully saturated rings. The van der Waals surface area contributed by atoms with Gasteiger partial charge in [-0.25, -0.2) is 8.78 Å². The maximum atomic E-state index is 13.6. The van der Waals surface area contributed by atoms with E-state index < -0.39 is 17.4 Å². The summed E-state index contributed by atoms with van der Waals surface area (Å²) < 4.78 is 26.5. The van der Waals surface area contributed by atoms with Gasteiger partial charge in [0.25, 0.3) is 0 Å². The van der Waals surface area contributed by atoms with Gasteiger partial charge in [0.2, 0.25) is 0 Å². The maximum Gasteiger partial charge on any atom is 0.196 e. The SMILES string of the molecule is Cc1ccc(C(=O)c2cccc(F)c2)c(F)c1. The molecule has 0 N–H and O–H groups in total. The van der Waals surface area contributed by atoms with Crippen molar-refractivity contribution in [2.24, 2.45) is 0 Å². The Morgan fingerprint density at radius 1 is 1.06 bits per heavy atom. The molecule has 2 rings (SSSR count). The fourth-order valence-corrected chi connectivity index (χ4v) is 1.59. The Hall–Kier alpha value is -2.03. The Bertz CT molecular complexity index is 576. The van der Waals surface area contributed by atoms with Crippen molar-refractivity contribution in [3.8, 4) is 0 Å². The number of carbonyl (C=O) groups is 1. The highest BCUT2D eigenvalue weighted by atomic mass is 19.1. The highest BCUT2D eigenvalue weighted by Crippen LogP contribution is 2.15. The topological polar surface area (TPSA) is 17.1 Å². The molecule has 0 atom stereocenters. The van der Waals surface area contributed by atoms with E-state index in [2.05, 4.69) is 0 Å². The van der Waals surface area contributed by atoms with E-state index in [0.717, 1.165) is 11.6 Å². The summed E-state index contributed by atoms with van der Waals surface area (Å²) in [6.07, 6.45) is 0. The molecule has 0 heterocycles. The Balaban J connectivity index is 2.44. The van der Waals surface area contributed by atoms with Gasteiger partial charge in [0.1, 0.15) is 11.6 Å². The lowest BCUT2D eigenvalue weighted by atomic mass is 10.0. The molecule has 2 aromatic carbocycles. The number of carbonyl (C=O) groups excluding carboxylic acids is 1. The Kier molecular flexibility index (Phi) is 3.00. The fourth-order valence-electron chi connectivity index (χ4n) is 1.59. The molecule has 0 aliphatic rings. The maximum absolute atomic E-state index is 13.6. The highest BCUT2D eigenvalue weighted by molar-refractivity contribution is 6.09. The van der Waals surface area contributed by atoms with Crippen LogP contribution in [0.4, 0.5) is 8.78 Å². The van der Waals surface area contributed by atoms with E-state index in [0.29, 0.717) is 0 Å². The third-order valence-corrected chi connectivity index (χ3v) is 2.46. The van der Waals surface area contributed by atoms with Crippen LogP contribution in [-0.2, 0) is 0 Å². The van der Waals surface area contributed by atoms with Crippen molar-refractivity contribution in [2.75, 3.05) is 0 Å². The van der Waals surface area contributed by atoms with Gasteiger partial charge in [0.05, 0.1) is 5.56 Å². The lowest BCUT2D eigenvalue weighted by Crippen LogP contribution is -2.04. The van der Waals surface area contributed by atoms with E-state index in [1.54, 1.807) is 13.0 Å². The summed E-state index contributed by atoms with van der Waals surface area (Å²) in [7, 11) is 0. The number of hydrogen-bond donors (Lipinski definition) is 0. The van der Waals surface area contributed by atoms with Crippen LogP contribution in [0.15, 0.2) is 42.5 Å². The summed E-state index contributed by atoms with van der Waals surface area (Å²) in [6, 6.07) is 9.57. The van der Waals surface area contributed by atoms with Gasteiger partial charge in [-0.2, -0.15) is 0 Å². The van der Waals surface area contributed by atoms with E-state index in [4.69, 9.17) is 0 Å². The zero-order valence-corrected chi connectivity index (χ0v) is 9.21. The van der Waals surface area contributed by atoms with Crippen LogP contribution in [-0.4, -0.2) is 5.78 Å². The van der Waals surface area contributed by atoms with Crippen LogP contribution in [0.3, 0.4) is 0 Å². The highest BCUT2D eigenvalue weighted by Gasteiger charge is 2.14. The third kappa shape index (κ3) is 2.38. The van der Waals surface area contributed by atoms with Crippen LogP contribution in [0.1, 0.15) is 21.5 Å². The molecule has 17 heavy (non-hydrogen) atoms. The Morgan fingerprint density at radius 2 is 1.82 bits per heavy atom. The lowest BCUT2D eigenvalue weighted by molar-refractivity contribution is 0.103. The molecule has 2 aromatic rings. The molecule has 3 heteroatoms. The minimum absolute atomic E-state index is 0.0406. The van der Waals surface area contributed by atoms with Gasteiger partial charge in [-0.3, -0.25) is 4.79 Å². The van der Waals surface area contributed by atoms with Crippen LogP contribution in [0.25, 0.3) is 0 Å². The van der Waals surface area contributed by atoms with Crippen molar-refractivity contribution in [1.29, 1.82) is 0 Å². The van der Waals surface area contributed by atoms with Crippen molar-refractivity contribution in [2.45, 2.75) is 6.92 Å². The van der Waals surface area contributed by atoms with Crippen molar-refractivity contribution < 1.29 is 13.6 Å². The molecule has 0 amide bonds. The predicted octanol–water partition coefficient (Wildman–Crippen LogP) is 3.50. The van der Waals surface area contributed by atoms with E-state index in [-0.39, 0.29) is 11.1 Å². The summed E-state index contributed by atoms with van der Waals surface area (Å²) in [6.45, 7) is 1.74. The van der Waals surface area contributed by atoms with Crippen molar-refractivity contribution in [3.63, 3.8) is 0 Å². The average Bonchev–Trinajstić information content (AvgIpc) is 2.28.